The summed E-state index contributed by atoms with van der Waals surface area (Å²) in [5.41, 5.74) is 8.15. The molecule has 1 aliphatic rings. The predicted octanol–water partition coefficient (Wildman–Crippen LogP) is 3.09. The lowest BCUT2D eigenvalue weighted by atomic mass is 9.99. The molecule has 0 spiro atoms. The first-order valence-electron chi connectivity index (χ1n) is 8.98. The lowest BCUT2D eigenvalue weighted by Crippen LogP contribution is -2.47. The van der Waals surface area contributed by atoms with Crippen molar-refractivity contribution in [1.29, 1.82) is 0 Å². The van der Waals surface area contributed by atoms with Crippen LogP contribution in [-0.2, 0) is 11.2 Å². The molecule has 4 nitrogen and oxygen atoms in total. The molecule has 1 fully saturated rings. The van der Waals surface area contributed by atoms with Crippen LogP contribution in [0.3, 0.4) is 0 Å². The zero-order valence-electron chi connectivity index (χ0n) is 14.8. The van der Waals surface area contributed by atoms with E-state index in [1.165, 1.54) is 0 Å². The van der Waals surface area contributed by atoms with Crippen molar-refractivity contribution < 1.29 is 9.90 Å². The van der Waals surface area contributed by atoms with Gasteiger partial charge in [-0.1, -0.05) is 60.7 Å². The fraction of sp³-hybridized carbons (Fsp3) is 0.381. The average Bonchev–Trinajstić information content (AvgIpc) is 3.10. The summed E-state index contributed by atoms with van der Waals surface area (Å²) < 4.78 is 0. The minimum Gasteiger partial charge on any atom is -0.388 e. The highest BCUT2D eigenvalue weighted by Gasteiger charge is 2.33. The van der Waals surface area contributed by atoms with Gasteiger partial charge < -0.3 is 15.7 Å². The number of hydrogen-bond acceptors (Lipinski definition) is 3. The van der Waals surface area contributed by atoms with Gasteiger partial charge in [-0.3, -0.25) is 4.79 Å². The zero-order chi connectivity index (χ0) is 17.6. The molecule has 2 aromatic rings. The molecule has 3 rings (SSSR count). The van der Waals surface area contributed by atoms with E-state index >= 15 is 0 Å². The molecular formula is C21H27ClN2O2. The summed E-state index contributed by atoms with van der Waals surface area (Å²) in [5, 5.41) is 10.5. The molecule has 0 aromatic heterocycles. The second kappa shape index (κ2) is 9.72. The monoisotopic (exact) mass is 374 g/mol. The van der Waals surface area contributed by atoms with Gasteiger partial charge in [0.25, 0.3) is 0 Å². The molecule has 2 unspecified atom stereocenters. The molecule has 2 aromatic carbocycles. The number of benzene rings is 2. The molecule has 3 atom stereocenters. The van der Waals surface area contributed by atoms with E-state index in [4.69, 9.17) is 5.73 Å². The third kappa shape index (κ3) is 5.07. The molecule has 0 saturated carbocycles. The minimum atomic E-state index is -0.551. The Morgan fingerprint density at radius 3 is 2.38 bits per heavy atom. The number of aliphatic hydroxyl groups is 1. The standard InChI is InChI=1S/C21H26N2O2.ClH/c22-19(14-16-8-3-1-4-9-16)21(25)23-13-7-12-18(23)15-20(24)17-10-5-2-6-11-17;/h1-6,8-11,18-20,24H,7,12-15,22H2;1H/t18?,19-,20?;/m0./s1. The second-order valence-electron chi connectivity index (χ2n) is 6.79. The average molecular weight is 375 g/mol. The van der Waals surface area contributed by atoms with E-state index in [9.17, 15) is 9.90 Å². The third-order valence-corrected chi connectivity index (χ3v) is 4.96. The molecule has 3 N–H and O–H groups in total. The van der Waals surface area contributed by atoms with E-state index in [2.05, 4.69) is 0 Å². The summed E-state index contributed by atoms with van der Waals surface area (Å²) in [6.45, 7) is 0.730. The summed E-state index contributed by atoms with van der Waals surface area (Å²) >= 11 is 0. The van der Waals surface area contributed by atoms with Crippen LogP contribution in [0.4, 0.5) is 0 Å². The Kier molecular flexibility index (Phi) is 7.64. The molecule has 0 aliphatic carbocycles. The van der Waals surface area contributed by atoms with Crippen molar-refractivity contribution in [1.82, 2.24) is 4.90 Å². The smallest absolute Gasteiger partial charge is 0.240 e. The number of likely N-dealkylation sites (tertiary alicyclic amines) is 1. The van der Waals surface area contributed by atoms with Crippen LogP contribution in [0.25, 0.3) is 0 Å². The van der Waals surface area contributed by atoms with Gasteiger partial charge in [0.15, 0.2) is 0 Å². The van der Waals surface area contributed by atoms with E-state index < -0.39 is 12.1 Å². The zero-order valence-corrected chi connectivity index (χ0v) is 15.6. The first-order chi connectivity index (χ1) is 12.1. The van der Waals surface area contributed by atoms with E-state index in [-0.39, 0.29) is 24.4 Å². The maximum absolute atomic E-state index is 12.8. The van der Waals surface area contributed by atoms with E-state index in [1.54, 1.807) is 0 Å². The summed E-state index contributed by atoms with van der Waals surface area (Å²) in [5.74, 6) is -0.00776. The Hall–Kier alpha value is -1.88. The third-order valence-electron chi connectivity index (χ3n) is 4.96. The maximum atomic E-state index is 12.8. The van der Waals surface area contributed by atoms with E-state index in [0.29, 0.717) is 12.8 Å². The highest BCUT2D eigenvalue weighted by molar-refractivity contribution is 5.85. The molecule has 26 heavy (non-hydrogen) atoms. The SMILES string of the molecule is Cl.N[C@@H](Cc1ccccc1)C(=O)N1CCCC1CC(O)c1ccccc1. The normalized spacial score (nSPS) is 18.8. The largest absolute Gasteiger partial charge is 0.388 e. The summed E-state index contributed by atoms with van der Waals surface area (Å²) in [4.78, 5) is 14.7. The molecule has 1 heterocycles. The summed E-state index contributed by atoms with van der Waals surface area (Å²) in [6, 6.07) is 19.0. The van der Waals surface area contributed by atoms with Gasteiger partial charge in [0.2, 0.25) is 5.91 Å². The number of rotatable bonds is 6. The van der Waals surface area contributed by atoms with Gasteiger partial charge in [0.1, 0.15) is 0 Å². The van der Waals surface area contributed by atoms with E-state index in [1.807, 2.05) is 65.6 Å². The van der Waals surface area contributed by atoms with Crippen molar-refractivity contribution in [3.63, 3.8) is 0 Å². The van der Waals surface area contributed by atoms with Crippen molar-refractivity contribution in [3.8, 4) is 0 Å². The number of nitrogens with zero attached hydrogens (tertiary/aromatic N) is 1. The van der Waals surface area contributed by atoms with Gasteiger partial charge in [-0.15, -0.1) is 12.4 Å². The Labute approximate surface area is 161 Å². The van der Waals surface area contributed by atoms with Crippen LogP contribution in [0.5, 0.6) is 0 Å². The number of amides is 1. The fourth-order valence-electron chi connectivity index (χ4n) is 3.61. The molecule has 1 saturated heterocycles. The number of carbonyl (C=O) groups is 1. The molecule has 140 valence electrons. The number of nitrogens with two attached hydrogens (primary N) is 1. The second-order valence-corrected chi connectivity index (χ2v) is 6.79. The van der Waals surface area contributed by atoms with Crippen molar-refractivity contribution in [3.05, 3.63) is 71.8 Å². The molecule has 1 aliphatic heterocycles. The lowest BCUT2D eigenvalue weighted by Gasteiger charge is -2.29. The van der Waals surface area contributed by atoms with Crippen LogP contribution < -0.4 is 5.73 Å². The molecule has 5 heteroatoms. The first kappa shape index (κ1) is 20.4. The van der Waals surface area contributed by atoms with Crippen molar-refractivity contribution in [2.75, 3.05) is 6.54 Å². The fourth-order valence-corrected chi connectivity index (χ4v) is 3.61. The number of halogens is 1. The quantitative estimate of drug-likeness (QED) is 0.816. The molecule has 0 bridgehead atoms. The Bertz CT molecular complexity index is 681. The Morgan fingerprint density at radius 1 is 1.12 bits per heavy atom. The number of carbonyl (C=O) groups excluding carboxylic acids is 1. The van der Waals surface area contributed by atoms with Gasteiger partial charge in [-0.05, 0) is 36.8 Å². The van der Waals surface area contributed by atoms with Crippen LogP contribution >= 0.6 is 12.4 Å². The molecule has 1 amide bonds. The highest BCUT2D eigenvalue weighted by Crippen LogP contribution is 2.28. The van der Waals surface area contributed by atoms with Gasteiger partial charge >= 0.3 is 0 Å². The highest BCUT2D eigenvalue weighted by atomic mass is 35.5. The minimum absolute atomic E-state index is 0. The van der Waals surface area contributed by atoms with Crippen LogP contribution in [0.1, 0.15) is 36.5 Å². The van der Waals surface area contributed by atoms with Crippen molar-refractivity contribution in [2.45, 2.75) is 43.9 Å². The maximum Gasteiger partial charge on any atom is 0.240 e. The van der Waals surface area contributed by atoms with Gasteiger partial charge in [0.05, 0.1) is 12.1 Å². The lowest BCUT2D eigenvalue weighted by molar-refractivity contribution is -0.133. The number of hydrogen-bond donors (Lipinski definition) is 2. The van der Waals surface area contributed by atoms with Gasteiger partial charge in [-0.2, -0.15) is 0 Å². The van der Waals surface area contributed by atoms with Crippen LogP contribution in [0, 0.1) is 0 Å². The van der Waals surface area contributed by atoms with E-state index in [0.717, 1.165) is 30.5 Å². The van der Waals surface area contributed by atoms with Crippen molar-refractivity contribution >= 4 is 18.3 Å². The number of aliphatic hydroxyl groups excluding tert-OH is 1. The van der Waals surface area contributed by atoms with Crippen LogP contribution in [0.15, 0.2) is 60.7 Å². The Balaban J connectivity index is 0.00000243. The molecular weight excluding hydrogens is 348 g/mol. The van der Waals surface area contributed by atoms with Crippen LogP contribution in [-0.4, -0.2) is 34.5 Å². The first-order valence-corrected chi connectivity index (χ1v) is 8.98. The van der Waals surface area contributed by atoms with Crippen LogP contribution in [0.2, 0.25) is 0 Å². The summed E-state index contributed by atoms with van der Waals surface area (Å²) in [7, 11) is 0. The predicted molar refractivity (Wildman–Crippen MR) is 106 cm³/mol. The Morgan fingerprint density at radius 2 is 1.73 bits per heavy atom. The topological polar surface area (TPSA) is 66.6 Å². The molecule has 0 radical (unpaired) electrons. The summed E-state index contributed by atoms with van der Waals surface area (Å²) in [6.07, 6.45) is 2.45. The van der Waals surface area contributed by atoms with Gasteiger partial charge in [-0.25, -0.2) is 0 Å². The van der Waals surface area contributed by atoms with Gasteiger partial charge in [0, 0.05) is 12.6 Å². The van der Waals surface area contributed by atoms with Crippen molar-refractivity contribution in [2.24, 2.45) is 5.73 Å².